The molecule has 2 aromatic carbocycles. The molecular formula is C16H15N3O. The van der Waals surface area contributed by atoms with Gasteiger partial charge in [0.25, 0.3) is 0 Å². The lowest BCUT2D eigenvalue weighted by molar-refractivity contribution is 0.464. The molecule has 3 rings (SSSR count). The van der Waals surface area contributed by atoms with Crippen molar-refractivity contribution in [2.75, 3.05) is 0 Å². The van der Waals surface area contributed by atoms with E-state index in [2.05, 4.69) is 16.9 Å². The summed E-state index contributed by atoms with van der Waals surface area (Å²) in [5.41, 5.74) is 4.23. The van der Waals surface area contributed by atoms with Gasteiger partial charge in [0.2, 0.25) is 0 Å². The zero-order valence-electron chi connectivity index (χ0n) is 11.2. The number of benzene rings is 2. The Bertz CT molecular complexity index is 790. The summed E-state index contributed by atoms with van der Waals surface area (Å²) in [7, 11) is 0. The first-order valence-corrected chi connectivity index (χ1v) is 6.45. The van der Waals surface area contributed by atoms with Gasteiger partial charge in [-0.2, -0.15) is 0 Å². The minimum atomic E-state index is 0.228. The number of nitrogens with zero attached hydrogens (tertiary/aromatic N) is 3. The molecule has 0 fully saturated rings. The van der Waals surface area contributed by atoms with Crippen molar-refractivity contribution in [2.45, 2.75) is 13.3 Å². The van der Waals surface area contributed by atoms with Gasteiger partial charge in [0.1, 0.15) is 17.0 Å². The SMILES string of the molecule is C=CCc1cc(C)cc(-n2nnc3ccccc32)c1O. The molecule has 4 nitrogen and oxygen atoms in total. The Labute approximate surface area is 117 Å². The van der Waals surface area contributed by atoms with Crippen molar-refractivity contribution < 1.29 is 5.11 Å². The third kappa shape index (κ3) is 1.95. The standard InChI is InChI=1S/C16H15N3O/c1-3-6-12-9-11(2)10-15(16(12)20)19-14-8-5-4-7-13(14)17-18-19/h3-5,7-10,20H,1,6H2,2H3. The molecule has 20 heavy (non-hydrogen) atoms. The van der Waals surface area contributed by atoms with Gasteiger partial charge >= 0.3 is 0 Å². The monoisotopic (exact) mass is 265 g/mol. The van der Waals surface area contributed by atoms with Crippen LogP contribution in [0, 0.1) is 6.92 Å². The van der Waals surface area contributed by atoms with Gasteiger partial charge in [0, 0.05) is 5.56 Å². The van der Waals surface area contributed by atoms with Crippen molar-refractivity contribution in [3.05, 3.63) is 60.2 Å². The number of phenolic OH excluding ortho intramolecular Hbond substituents is 1. The van der Waals surface area contributed by atoms with E-state index in [1.165, 1.54) is 0 Å². The number of allylic oxidation sites excluding steroid dienone is 1. The lowest BCUT2D eigenvalue weighted by atomic mass is 10.1. The lowest BCUT2D eigenvalue weighted by Crippen LogP contribution is -2.00. The van der Waals surface area contributed by atoms with Crippen molar-refractivity contribution in [1.82, 2.24) is 15.0 Å². The van der Waals surface area contributed by atoms with E-state index >= 15 is 0 Å². The average molecular weight is 265 g/mol. The fraction of sp³-hybridized carbons (Fsp3) is 0.125. The summed E-state index contributed by atoms with van der Waals surface area (Å²) in [5.74, 6) is 0.228. The molecule has 4 heteroatoms. The van der Waals surface area contributed by atoms with Crippen LogP contribution in [0.15, 0.2) is 49.1 Å². The molecular weight excluding hydrogens is 250 g/mol. The zero-order chi connectivity index (χ0) is 14.1. The molecule has 3 aromatic rings. The molecule has 0 atom stereocenters. The van der Waals surface area contributed by atoms with E-state index in [0.29, 0.717) is 12.1 Å². The molecule has 0 spiro atoms. The van der Waals surface area contributed by atoms with Crippen LogP contribution in [0.3, 0.4) is 0 Å². The van der Waals surface area contributed by atoms with Crippen molar-refractivity contribution in [3.8, 4) is 11.4 Å². The minimum Gasteiger partial charge on any atom is -0.505 e. The highest BCUT2D eigenvalue weighted by Gasteiger charge is 2.13. The number of rotatable bonds is 3. The van der Waals surface area contributed by atoms with Gasteiger partial charge in [0.05, 0.1) is 5.52 Å². The van der Waals surface area contributed by atoms with Crippen molar-refractivity contribution in [2.24, 2.45) is 0 Å². The Morgan fingerprint density at radius 2 is 2.10 bits per heavy atom. The summed E-state index contributed by atoms with van der Waals surface area (Å²) in [5, 5.41) is 18.7. The number of aryl methyl sites for hydroxylation is 1. The molecule has 1 heterocycles. The quantitative estimate of drug-likeness (QED) is 0.740. The Kier molecular flexibility index (Phi) is 2.99. The Morgan fingerprint density at radius 1 is 1.30 bits per heavy atom. The molecule has 1 N–H and O–H groups in total. The Morgan fingerprint density at radius 3 is 2.90 bits per heavy atom. The fourth-order valence-electron chi connectivity index (χ4n) is 2.35. The summed E-state index contributed by atoms with van der Waals surface area (Å²) in [6.07, 6.45) is 2.39. The highest BCUT2D eigenvalue weighted by molar-refractivity contribution is 5.76. The molecule has 0 bridgehead atoms. The molecule has 1 aromatic heterocycles. The predicted molar refractivity (Wildman–Crippen MR) is 79.2 cm³/mol. The highest BCUT2D eigenvalue weighted by atomic mass is 16.3. The van der Waals surface area contributed by atoms with Crippen molar-refractivity contribution in [3.63, 3.8) is 0 Å². The van der Waals surface area contributed by atoms with E-state index in [9.17, 15) is 5.11 Å². The number of hydrogen-bond donors (Lipinski definition) is 1. The van der Waals surface area contributed by atoms with Gasteiger partial charge in [-0.15, -0.1) is 11.7 Å². The van der Waals surface area contributed by atoms with Gasteiger partial charge in [-0.3, -0.25) is 0 Å². The van der Waals surface area contributed by atoms with Gasteiger partial charge in [-0.1, -0.05) is 29.5 Å². The second-order valence-corrected chi connectivity index (χ2v) is 4.77. The first-order chi connectivity index (χ1) is 9.70. The molecule has 0 unspecified atom stereocenters. The molecule has 0 saturated carbocycles. The first-order valence-electron chi connectivity index (χ1n) is 6.45. The summed E-state index contributed by atoms with van der Waals surface area (Å²) in [4.78, 5) is 0. The van der Waals surface area contributed by atoms with E-state index < -0.39 is 0 Å². The van der Waals surface area contributed by atoms with Crippen LogP contribution < -0.4 is 0 Å². The van der Waals surface area contributed by atoms with Crippen LogP contribution in [0.1, 0.15) is 11.1 Å². The van der Waals surface area contributed by atoms with Crippen LogP contribution in [0.2, 0.25) is 0 Å². The molecule has 0 aliphatic rings. The number of hydrogen-bond acceptors (Lipinski definition) is 3. The number of aromatic hydroxyl groups is 1. The molecule has 0 aliphatic heterocycles. The molecule has 0 aliphatic carbocycles. The molecule has 0 saturated heterocycles. The predicted octanol–water partition coefficient (Wildman–Crippen LogP) is 3.16. The van der Waals surface area contributed by atoms with Crippen LogP contribution >= 0.6 is 0 Å². The van der Waals surface area contributed by atoms with Crippen LogP contribution in [0.4, 0.5) is 0 Å². The Balaban J connectivity index is 2.26. The van der Waals surface area contributed by atoms with E-state index in [-0.39, 0.29) is 5.75 Å². The van der Waals surface area contributed by atoms with Gasteiger partial charge in [-0.05, 0) is 37.1 Å². The first kappa shape index (κ1) is 12.4. The second-order valence-electron chi connectivity index (χ2n) is 4.77. The number of phenols is 1. The number of para-hydroxylation sites is 1. The maximum Gasteiger partial charge on any atom is 0.144 e. The van der Waals surface area contributed by atoms with Crippen LogP contribution in [0.5, 0.6) is 5.75 Å². The highest BCUT2D eigenvalue weighted by Crippen LogP contribution is 2.30. The maximum absolute atomic E-state index is 10.4. The van der Waals surface area contributed by atoms with E-state index in [1.807, 2.05) is 43.3 Å². The minimum absolute atomic E-state index is 0.228. The van der Waals surface area contributed by atoms with Gasteiger partial charge in [-0.25, -0.2) is 4.68 Å². The molecule has 0 amide bonds. The molecule has 100 valence electrons. The topological polar surface area (TPSA) is 50.9 Å². The normalized spacial score (nSPS) is 10.8. The largest absolute Gasteiger partial charge is 0.505 e. The van der Waals surface area contributed by atoms with E-state index in [4.69, 9.17) is 0 Å². The van der Waals surface area contributed by atoms with E-state index in [1.54, 1.807) is 10.8 Å². The third-order valence-corrected chi connectivity index (χ3v) is 3.26. The van der Waals surface area contributed by atoms with E-state index in [0.717, 1.165) is 22.2 Å². The van der Waals surface area contributed by atoms with Gasteiger partial charge < -0.3 is 5.11 Å². The fourth-order valence-corrected chi connectivity index (χ4v) is 2.35. The van der Waals surface area contributed by atoms with Crippen LogP contribution in [0.25, 0.3) is 16.7 Å². The summed E-state index contributed by atoms with van der Waals surface area (Å²) in [6, 6.07) is 11.5. The smallest absolute Gasteiger partial charge is 0.144 e. The van der Waals surface area contributed by atoms with Crippen molar-refractivity contribution >= 4 is 11.0 Å². The summed E-state index contributed by atoms with van der Waals surface area (Å²) < 4.78 is 1.67. The second kappa shape index (κ2) is 4.81. The summed E-state index contributed by atoms with van der Waals surface area (Å²) in [6.45, 7) is 5.72. The Hall–Kier alpha value is -2.62. The average Bonchev–Trinajstić information content (AvgIpc) is 2.86. The zero-order valence-corrected chi connectivity index (χ0v) is 11.2. The third-order valence-electron chi connectivity index (χ3n) is 3.26. The van der Waals surface area contributed by atoms with Gasteiger partial charge in [0.15, 0.2) is 0 Å². The summed E-state index contributed by atoms with van der Waals surface area (Å²) >= 11 is 0. The molecule has 0 radical (unpaired) electrons. The number of fused-ring (bicyclic) bond motifs is 1. The maximum atomic E-state index is 10.4. The van der Waals surface area contributed by atoms with Crippen LogP contribution in [-0.4, -0.2) is 20.1 Å². The van der Waals surface area contributed by atoms with Crippen LogP contribution in [-0.2, 0) is 6.42 Å². The number of aromatic nitrogens is 3. The lowest BCUT2D eigenvalue weighted by Gasteiger charge is -2.10. The van der Waals surface area contributed by atoms with Crippen molar-refractivity contribution in [1.29, 1.82) is 0 Å².